The van der Waals surface area contributed by atoms with E-state index in [2.05, 4.69) is 9.72 Å². The zero-order valence-corrected chi connectivity index (χ0v) is 18.0. The van der Waals surface area contributed by atoms with E-state index in [9.17, 15) is 36.0 Å². The van der Waals surface area contributed by atoms with Crippen LogP contribution in [0.3, 0.4) is 0 Å². The lowest BCUT2D eigenvalue weighted by Crippen LogP contribution is -2.25. The van der Waals surface area contributed by atoms with Gasteiger partial charge in [-0.3, -0.25) is 4.98 Å². The van der Waals surface area contributed by atoms with Crippen LogP contribution in [-0.4, -0.2) is 17.8 Å². The van der Waals surface area contributed by atoms with Gasteiger partial charge in [0.15, 0.2) is 6.61 Å². The van der Waals surface area contributed by atoms with Crippen molar-refractivity contribution in [2.24, 2.45) is 0 Å². The number of aromatic nitrogens is 1. The molecule has 1 atom stereocenters. The largest absolute Gasteiger partial charge is 0.484 e. The molecule has 2 aromatic carbocycles. The number of rotatable bonds is 6. The van der Waals surface area contributed by atoms with Gasteiger partial charge in [-0.15, -0.1) is 0 Å². The van der Waals surface area contributed by atoms with Crippen LogP contribution in [0.1, 0.15) is 31.0 Å². The fraction of sp³-hybridized carbons (Fsp3) is 0.250. The molecule has 3 nitrogen and oxygen atoms in total. The van der Waals surface area contributed by atoms with Gasteiger partial charge < -0.3 is 4.74 Å². The Bertz CT molecular complexity index is 1120. The average Bonchev–Trinajstić information content (AvgIpc) is 2.81. The molecule has 0 saturated heterocycles. The lowest BCUT2D eigenvalue weighted by Gasteiger charge is -2.22. The Labute approximate surface area is 191 Å². The number of nitrogens with zero attached hydrogens (tertiary/aromatic N) is 2. The Morgan fingerprint density at radius 3 is 2.03 bits per heavy atom. The van der Waals surface area contributed by atoms with Gasteiger partial charge in [0.2, 0.25) is 0 Å². The van der Waals surface area contributed by atoms with Crippen molar-refractivity contribution < 1.29 is 35.5 Å². The highest BCUT2D eigenvalue weighted by Crippen LogP contribution is 2.42. The molecule has 0 amide bonds. The number of pyridine rings is 1. The summed E-state index contributed by atoms with van der Waals surface area (Å²) in [5.74, 6) is -8.41. The molecule has 0 aliphatic heterocycles. The maximum Gasteiger partial charge on any atom is 0.422 e. The second kappa shape index (κ2) is 11.0. The number of hydrogen-bond donors (Lipinski definition) is 0. The van der Waals surface area contributed by atoms with Crippen LogP contribution < -0.4 is 4.74 Å². The van der Waals surface area contributed by atoms with Gasteiger partial charge >= 0.3 is 12.1 Å². The van der Waals surface area contributed by atoms with Gasteiger partial charge in [0.25, 0.3) is 0 Å². The zero-order valence-electron chi connectivity index (χ0n) is 18.0. The summed E-state index contributed by atoms with van der Waals surface area (Å²) in [7, 11) is 0. The van der Waals surface area contributed by atoms with Crippen LogP contribution in [0, 0.1) is 23.0 Å². The van der Waals surface area contributed by atoms with Crippen LogP contribution in [0.5, 0.6) is 5.75 Å². The summed E-state index contributed by atoms with van der Waals surface area (Å²) in [5, 5.41) is 9.22. The molecule has 0 saturated carbocycles. The smallest absolute Gasteiger partial charge is 0.422 e. The molecular formula is C24H19F7N2O. The Morgan fingerprint density at radius 2 is 1.53 bits per heavy atom. The van der Waals surface area contributed by atoms with Crippen LogP contribution in [0.15, 0.2) is 60.8 Å². The molecule has 180 valence electrons. The van der Waals surface area contributed by atoms with E-state index in [0.717, 1.165) is 24.4 Å². The Hall–Kier alpha value is -3.61. The van der Waals surface area contributed by atoms with Gasteiger partial charge in [0.1, 0.15) is 29.0 Å². The second-order valence-corrected chi connectivity index (χ2v) is 6.71. The quantitative estimate of drug-likeness (QED) is 0.343. The average molecular weight is 484 g/mol. The minimum absolute atomic E-state index is 0.0274. The molecule has 0 N–H and O–H groups in total. The Morgan fingerprint density at radius 1 is 0.912 bits per heavy atom. The van der Waals surface area contributed by atoms with Gasteiger partial charge in [-0.2, -0.15) is 27.2 Å². The molecule has 1 heterocycles. The van der Waals surface area contributed by atoms with Crippen molar-refractivity contribution >= 4 is 0 Å². The van der Waals surface area contributed by atoms with Crippen LogP contribution in [-0.2, 0) is 5.92 Å². The molecule has 1 unspecified atom stereocenters. The number of nitriles is 1. The van der Waals surface area contributed by atoms with E-state index in [-0.39, 0.29) is 5.75 Å². The molecule has 0 aliphatic carbocycles. The summed E-state index contributed by atoms with van der Waals surface area (Å²) >= 11 is 0. The van der Waals surface area contributed by atoms with Crippen molar-refractivity contribution in [2.75, 3.05) is 6.61 Å². The van der Waals surface area contributed by atoms with E-state index in [4.69, 9.17) is 0 Å². The first kappa shape index (κ1) is 26.6. The normalized spacial score (nSPS) is 12.2. The number of benzene rings is 2. The van der Waals surface area contributed by atoms with Crippen molar-refractivity contribution in [3.05, 3.63) is 83.7 Å². The summed E-state index contributed by atoms with van der Waals surface area (Å²) in [4.78, 5) is 3.68. The second-order valence-electron chi connectivity index (χ2n) is 6.71. The van der Waals surface area contributed by atoms with Crippen LogP contribution >= 0.6 is 0 Å². The van der Waals surface area contributed by atoms with Gasteiger partial charge in [-0.25, -0.2) is 8.78 Å². The van der Waals surface area contributed by atoms with Crippen molar-refractivity contribution in [3.8, 4) is 22.9 Å². The summed E-state index contributed by atoms with van der Waals surface area (Å²) in [6.07, 6.45) is -3.40. The van der Waals surface area contributed by atoms with Crippen LogP contribution in [0.25, 0.3) is 11.1 Å². The molecule has 3 aromatic rings. The van der Waals surface area contributed by atoms with E-state index in [1.54, 1.807) is 0 Å². The molecular weight excluding hydrogens is 465 g/mol. The van der Waals surface area contributed by atoms with E-state index in [1.807, 2.05) is 13.8 Å². The molecule has 0 fully saturated rings. The van der Waals surface area contributed by atoms with Crippen LogP contribution in [0.2, 0.25) is 0 Å². The number of halogens is 7. The topological polar surface area (TPSA) is 45.9 Å². The molecule has 0 bridgehead atoms. The standard InChI is InChI=1S/C22H13F7N2O.C2H6/c23-15-4-7-17(19(24)9-15)18(10-30)22(28,29)20-8-3-14(11-31-20)13-1-5-16(6-2-13)32-12-21(25,26)27;1-2/h1-9,11,18H,12H2;1-2H3. The molecule has 0 radical (unpaired) electrons. The summed E-state index contributed by atoms with van der Waals surface area (Å²) in [6.45, 7) is 2.55. The third-order valence-corrected chi connectivity index (χ3v) is 4.46. The van der Waals surface area contributed by atoms with Gasteiger partial charge in [0.05, 0.1) is 6.07 Å². The molecule has 0 aliphatic rings. The van der Waals surface area contributed by atoms with Gasteiger partial charge in [-0.1, -0.05) is 38.1 Å². The third kappa shape index (κ3) is 6.47. The maximum absolute atomic E-state index is 14.9. The Balaban J connectivity index is 0.00000199. The van der Waals surface area contributed by atoms with Gasteiger partial charge in [0, 0.05) is 23.4 Å². The highest BCUT2D eigenvalue weighted by molar-refractivity contribution is 5.63. The fourth-order valence-corrected chi connectivity index (χ4v) is 2.90. The third-order valence-electron chi connectivity index (χ3n) is 4.46. The number of hydrogen-bond acceptors (Lipinski definition) is 3. The summed E-state index contributed by atoms with van der Waals surface area (Å²) in [5.41, 5.74) is -0.637. The number of alkyl halides is 5. The lowest BCUT2D eigenvalue weighted by atomic mass is 9.91. The SMILES string of the molecule is CC.N#CC(c1ccc(F)cc1F)C(F)(F)c1ccc(-c2ccc(OCC(F)(F)F)cc2)cn1. The highest BCUT2D eigenvalue weighted by atomic mass is 19.4. The van der Waals surface area contributed by atoms with Crippen molar-refractivity contribution in [1.29, 1.82) is 5.26 Å². The predicted octanol–water partition coefficient (Wildman–Crippen LogP) is 7.39. The van der Waals surface area contributed by atoms with E-state index in [1.165, 1.54) is 36.4 Å². The first-order valence-electron chi connectivity index (χ1n) is 10.00. The minimum atomic E-state index is -4.48. The van der Waals surface area contributed by atoms with Gasteiger partial charge in [-0.05, 0) is 29.8 Å². The maximum atomic E-state index is 14.9. The van der Waals surface area contributed by atoms with Crippen molar-refractivity contribution in [3.63, 3.8) is 0 Å². The van der Waals surface area contributed by atoms with E-state index < -0.39 is 47.5 Å². The molecule has 34 heavy (non-hydrogen) atoms. The number of ether oxygens (including phenoxy) is 1. The predicted molar refractivity (Wildman–Crippen MR) is 111 cm³/mol. The van der Waals surface area contributed by atoms with Crippen LogP contribution in [0.4, 0.5) is 30.7 Å². The first-order chi connectivity index (χ1) is 16.0. The summed E-state index contributed by atoms with van der Waals surface area (Å²) in [6, 6.07) is 11.0. The Kier molecular flexibility index (Phi) is 8.62. The molecule has 1 aromatic heterocycles. The zero-order chi connectivity index (χ0) is 25.5. The molecule has 10 heteroatoms. The van der Waals surface area contributed by atoms with Crippen molar-refractivity contribution in [1.82, 2.24) is 4.98 Å². The monoisotopic (exact) mass is 484 g/mol. The minimum Gasteiger partial charge on any atom is -0.484 e. The first-order valence-corrected chi connectivity index (χ1v) is 10.00. The highest BCUT2D eigenvalue weighted by Gasteiger charge is 2.45. The van der Waals surface area contributed by atoms with E-state index >= 15 is 0 Å². The summed E-state index contributed by atoms with van der Waals surface area (Å²) < 4.78 is 98.0. The molecule has 0 spiro atoms. The van der Waals surface area contributed by atoms with E-state index in [0.29, 0.717) is 17.2 Å². The fourth-order valence-electron chi connectivity index (χ4n) is 2.90. The van der Waals surface area contributed by atoms with Crippen molar-refractivity contribution in [2.45, 2.75) is 31.9 Å². The molecule has 3 rings (SSSR count). The lowest BCUT2D eigenvalue weighted by molar-refractivity contribution is -0.153.